The minimum absolute atomic E-state index is 0.000989. The summed E-state index contributed by atoms with van der Waals surface area (Å²) in [4.78, 5) is 16.9. The van der Waals surface area contributed by atoms with Crippen LogP contribution in [0.1, 0.15) is 32.3 Å². The summed E-state index contributed by atoms with van der Waals surface area (Å²) in [7, 11) is 1.46. The molecule has 1 saturated carbocycles. The summed E-state index contributed by atoms with van der Waals surface area (Å²) < 4.78 is 15.6. The zero-order valence-corrected chi connectivity index (χ0v) is 18.0. The van der Waals surface area contributed by atoms with E-state index < -0.39 is 17.9 Å². The molecule has 1 aromatic carbocycles. The van der Waals surface area contributed by atoms with Crippen LogP contribution in [-0.4, -0.2) is 35.9 Å². The number of ether oxygens (including phenoxy) is 3. The SMILES string of the molecule is CC=C1[C@@H]2C=C(C)CC1(N)C1C=CC(OC(=O)OCc3ccc(O)c(OC)c3)N=C1C2. The number of phenolic OH excluding ortho intramolecular Hbond substituents is 1. The minimum atomic E-state index is -0.812. The van der Waals surface area contributed by atoms with Gasteiger partial charge in [-0.15, -0.1) is 0 Å². The molecule has 164 valence electrons. The van der Waals surface area contributed by atoms with Gasteiger partial charge in [-0.05, 0) is 56.0 Å². The number of aliphatic imine (C=N–C) groups is 1. The largest absolute Gasteiger partial charge is 0.510 e. The number of nitrogens with zero attached hydrogens (tertiary/aromatic N) is 1. The summed E-state index contributed by atoms with van der Waals surface area (Å²) in [6.07, 6.45) is 8.22. The number of methoxy groups -OCH3 is 1. The Bertz CT molecular complexity index is 1010. The predicted octanol–water partition coefficient (Wildman–Crippen LogP) is 4.02. The average Bonchev–Trinajstić information content (AvgIpc) is 2.72. The highest BCUT2D eigenvalue weighted by atomic mass is 16.7. The van der Waals surface area contributed by atoms with Gasteiger partial charge in [-0.1, -0.05) is 29.9 Å². The average molecular weight is 424 g/mol. The Balaban J connectivity index is 1.41. The fourth-order valence-electron chi connectivity index (χ4n) is 4.97. The van der Waals surface area contributed by atoms with Crippen LogP contribution in [0.4, 0.5) is 4.79 Å². The summed E-state index contributed by atoms with van der Waals surface area (Å²) in [5.74, 6) is 0.569. The molecule has 3 aliphatic rings. The number of rotatable bonds is 4. The Morgan fingerprint density at radius 3 is 2.94 bits per heavy atom. The zero-order valence-electron chi connectivity index (χ0n) is 18.0. The van der Waals surface area contributed by atoms with Crippen LogP contribution >= 0.6 is 0 Å². The first-order valence-corrected chi connectivity index (χ1v) is 10.4. The first-order valence-electron chi connectivity index (χ1n) is 10.4. The number of nitrogens with two attached hydrogens (primary N) is 1. The number of hydrogen-bond donors (Lipinski definition) is 2. The number of fused-ring (bicyclic) bond motifs is 4. The quantitative estimate of drug-likeness (QED) is 0.559. The van der Waals surface area contributed by atoms with Crippen molar-refractivity contribution >= 4 is 11.9 Å². The third kappa shape index (κ3) is 3.97. The van der Waals surface area contributed by atoms with Crippen molar-refractivity contribution in [2.24, 2.45) is 22.6 Å². The molecule has 3 unspecified atom stereocenters. The lowest BCUT2D eigenvalue weighted by Crippen LogP contribution is -2.58. The molecule has 0 amide bonds. The van der Waals surface area contributed by atoms with E-state index in [9.17, 15) is 9.90 Å². The van der Waals surface area contributed by atoms with Gasteiger partial charge in [-0.25, -0.2) is 9.79 Å². The Labute approximate surface area is 181 Å². The number of carbonyl (C=O) groups is 1. The number of dihydropyridines is 1. The van der Waals surface area contributed by atoms with E-state index in [2.05, 4.69) is 24.1 Å². The van der Waals surface area contributed by atoms with Crippen LogP contribution in [0.3, 0.4) is 0 Å². The lowest BCUT2D eigenvalue weighted by atomic mass is 9.58. The van der Waals surface area contributed by atoms with E-state index in [1.165, 1.54) is 24.3 Å². The third-order valence-corrected chi connectivity index (χ3v) is 6.23. The molecule has 1 fully saturated rings. The molecule has 2 aliphatic carbocycles. The molecular formula is C24H28N2O5. The van der Waals surface area contributed by atoms with Gasteiger partial charge < -0.3 is 25.1 Å². The Kier molecular flexibility index (Phi) is 5.62. The molecule has 0 spiro atoms. The number of aromatic hydroxyl groups is 1. The molecule has 4 atom stereocenters. The molecule has 31 heavy (non-hydrogen) atoms. The molecule has 7 heteroatoms. The molecule has 2 bridgehead atoms. The van der Waals surface area contributed by atoms with E-state index in [0.29, 0.717) is 11.3 Å². The van der Waals surface area contributed by atoms with E-state index in [-0.39, 0.29) is 24.2 Å². The van der Waals surface area contributed by atoms with E-state index >= 15 is 0 Å². The Morgan fingerprint density at radius 1 is 1.39 bits per heavy atom. The monoisotopic (exact) mass is 424 g/mol. The fourth-order valence-corrected chi connectivity index (χ4v) is 4.97. The van der Waals surface area contributed by atoms with Gasteiger partial charge in [0.2, 0.25) is 6.23 Å². The van der Waals surface area contributed by atoms with Gasteiger partial charge in [0.15, 0.2) is 11.5 Å². The summed E-state index contributed by atoms with van der Waals surface area (Å²) in [6.45, 7) is 4.16. The van der Waals surface area contributed by atoms with Crippen molar-refractivity contribution in [3.63, 3.8) is 0 Å². The van der Waals surface area contributed by atoms with Crippen LogP contribution in [-0.2, 0) is 16.1 Å². The van der Waals surface area contributed by atoms with Gasteiger partial charge in [0.25, 0.3) is 0 Å². The van der Waals surface area contributed by atoms with Crippen LogP contribution in [0.2, 0.25) is 0 Å². The smallest absolute Gasteiger partial charge is 0.504 e. The molecular weight excluding hydrogens is 396 g/mol. The number of phenols is 1. The van der Waals surface area contributed by atoms with Crippen LogP contribution < -0.4 is 10.5 Å². The maximum atomic E-state index is 12.2. The van der Waals surface area contributed by atoms with Crippen molar-refractivity contribution in [3.8, 4) is 11.5 Å². The second-order valence-corrected chi connectivity index (χ2v) is 8.32. The lowest BCUT2D eigenvalue weighted by molar-refractivity contribution is 0.0337. The number of carbonyl (C=O) groups excluding carboxylic acids is 1. The first kappa shape index (κ1) is 21.2. The molecule has 3 N–H and O–H groups in total. The zero-order chi connectivity index (χ0) is 22.2. The lowest BCUT2D eigenvalue weighted by Gasteiger charge is -2.50. The molecule has 4 rings (SSSR count). The van der Waals surface area contributed by atoms with Crippen molar-refractivity contribution in [3.05, 3.63) is 59.2 Å². The maximum absolute atomic E-state index is 12.2. The van der Waals surface area contributed by atoms with Crippen LogP contribution in [0.15, 0.2) is 58.6 Å². The van der Waals surface area contributed by atoms with Crippen molar-refractivity contribution < 1.29 is 24.1 Å². The van der Waals surface area contributed by atoms with Crippen LogP contribution in [0.25, 0.3) is 0 Å². The van der Waals surface area contributed by atoms with Gasteiger partial charge in [-0.3, -0.25) is 0 Å². The molecule has 7 nitrogen and oxygen atoms in total. The summed E-state index contributed by atoms with van der Waals surface area (Å²) in [5.41, 5.74) is 10.6. The number of allylic oxidation sites excluding steroid dienone is 2. The highest BCUT2D eigenvalue weighted by molar-refractivity contribution is 5.94. The van der Waals surface area contributed by atoms with E-state index in [1.807, 2.05) is 13.0 Å². The molecule has 1 aromatic rings. The predicted molar refractivity (Wildman–Crippen MR) is 117 cm³/mol. The van der Waals surface area contributed by atoms with Gasteiger partial charge in [0.1, 0.15) is 6.61 Å². The number of hydrogen-bond acceptors (Lipinski definition) is 7. The third-order valence-electron chi connectivity index (χ3n) is 6.23. The van der Waals surface area contributed by atoms with Gasteiger partial charge in [-0.2, -0.15) is 0 Å². The van der Waals surface area contributed by atoms with E-state index in [4.69, 9.17) is 19.9 Å². The van der Waals surface area contributed by atoms with Crippen molar-refractivity contribution in [2.75, 3.05) is 7.11 Å². The normalized spacial score (nSPS) is 30.2. The Hall–Kier alpha value is -3.06. The topological polar surface area (TPSA) is 103 Å². The van der Waals surface area contributed by atoms with Crippen LogP contribution in [0, 0.1) is 11.8 Å². The second kappa shape index (κ2) is 8.23. The van der Waals surface area contributed by atoms with Crippen molar-refractivity contribution in [1.29, 1.82) is 0 Å². The minimum Gasteiger partial charge on any atom is -0.504 e. The van der Waals surface area contributed by atoms with E-state index in [0.717, 1.165) is 18.6 Å². The summed E-state index contributed by atoms with van der Waals surface area (Å²) in [6, 6.07) is 4.73. The summed E-state index contributed by atoms with van der Waals surface area (Å²) in [5, 5.41) is 9.65. The fraction of sp³-hybridized carbons (Fsp3) is 0.417. The first-order chi connectivity index (χ1) is 14.8. The molecule has 0 radical (unpaired) electrons. The molecule has 0 aromatic heterocycles. The Morgan fingerprint density at radius 2 is 2.19 bits per heavy atom. The highest BCUT2D eigenvalue weighted by Crippen LogP contribution is 2.48. The standard InChI is InChI=1S/C24H28N2O5/c1-4-17-16-9-14(2)12-24(17,25)18-6-8-22(26-19(18)11-16)31-23(28)30-13-15-5-7-20(27)21(10-15)29-3/h4-10,16,18,22,27H,11-13,25H2,1-3H3/t16-,18?,22?,24?/m1/s1. The highest BCUT2D eigenvalue weighted by Gasteiger charge is 2.49. The second-order valence-electron chi connectivity index (χ2n) is 8.32. The van der Waals surface area contributed by atoms with Gasteiger partial charge in [0, 0.05) is 17.5 Å². The number of benzene rings is 1. The van der Waals surface area contributed by atoms with Crippen LogP contribution in [0.5, 0.6) is 11.5 Å². The van der Waals surface area contributed by atoms with E-state index in [1.54, 1.807) is 18.2 Å². The van der Waals surface area contributed by atoms with Crippen molar-refractivity contribution in [1.82, 2.24) is 0 Å². The molecule has 1 heterocycles. The van der Waals surface area contributed by atoms with Gasteiger partial charge >= 0.3 is 6.16 Å². The maximum Gasteiger partial charge on any atom is 0.510 e. The van der Waals surface area contributed by atoms with Crippen molar-refractivity contribution in [2.45, 2.75) is 45.1 Å². The summed E-state index contributed by atoms with van der Waals surface area (Å²) >= 11 is 0. The molecule has 1 aliphatic heterocycles. The molecule has 0 saturated heterocycles. The van der Waals surface area contributed by atoms with Gasteiger partial charge in [0.05, 0.1) is 12.6 Å².